The average Bonchev–Trinajstić information content (AvgIpc) is 2.65. The molecule has 0 aliphatic heterocycles. The summed E-state index contributed by atoms with van der Waals surface area (Å²) in [6.07, 6.45) is 13.7. The van der Waals surface area contributed by atoms with Crippen LogP contribution in [0.1, 0.15) is 19.4 Å². The molecule has 2 aromatic rings. The Labute approximate surface area is 168 Å². The predicted molar refractivity (Wildman–Crippen MR) is 109 cm³/mol. The SMILES string of the molecule is C#CCOCC(C)(C)NC(=O)C(Oc1cc2cc(C#C)cnc2cc1F)SC. The van der Waals surface area contributed by atoms with Crippen molar-refractivity contribution in [3.8, 4) is 30.4 Å². The topological polar surface area (TPSA) is 60.5 Å². The third kappa shape index (κ3) is 5.63. The molecular formula is C21H21FN2O3S. The van der Waals surface area contributed by atoms with Crippen LogP contribution in [0.4, 0.5) is 4.39 Å². The summed E-state index contributed by atoms with van der Waals surface area (Å²) in [7, 11) is 0. The molecule has 1 unspecified atom stereocenters. The summed E-state index contributed by atoms with van der Waals surface area (Å²) in [5, 5.41) is 3.44. The zero-order valence-corrected chi connectivity index (χ0v) is 16.7. The van der Waals surface area contributed by atoms with Crippen LogP contribution in [0.15, 0.2) is 24.4 Å². The maximum atomic E-state index is 14.4. The van der Waals surface area contributed by atoms with Crippen molar-refractivity contribution in [2.75, 3.05) is 19.5 Å². The molecule has 146 valence electrons. The molecule has 1 aromatic carbocycles. The van der Waals surface area contributed by atoms with Crippen molar-refractivity contribution in [2.45, 2.75) is 24.8 Å². The molecule has 0 saturated carbocycles. The van der Waals surface area contributed by atoms with Gasteiger partial charge in [-0.15, -0.1) is 24.6 Å². The zero-order valence-electron chi connectivity index (χ0n) is 15.9. The third-order valence-electron chi connectivity index (χ3n) is 3.67. The van der Waals surface area contributed by atoms with Crippen LogP contribution in [-0.2, 0) is 9.53 Å². The van der Waals surface area contributed by atoms with Crippen molar-refractivity contribution in [2.24, 2.45) is 0 Å². The number of hydrogen-bond acceptors (Lipinski definition) is 5. The number of aromatic nitrogens is 1. The van der Waals surface area contributed by atoms with Crippen molar-refractivity contribution < 1.29 is 18.7 Å². The average molecular weight is 400 g/mol. The molecule has 2 rings (SSSR count). The number of rotatable bonds is 8. The summed E-state index contributed by atoms with van der Waals surface area (Å²) in [5.74, 6) is 3.77. The van der Waals surface area contributed by atoms with Gasteiger partial charge in [0.25, 0.3) is 5.91 Å². The fourth-order valence-corrected chi connectivity index (χ4v) is 2.89. The molecule has 1 N–H and O–H groups in total. The standard InChI is InChI=1S/C21H21FN2O3S/c1-6-8-26-13-21(3,4)24-19(25)20(28-5)27-18-10-15-9-14(7-2)12-23-17(15)11-16(18)22/h1-2,9-12,20H,8,13H2,3-5H3,(H,24,25). The van der Waals surface area contributed by atoms with E-state index in [0.29, 0.717) is 16.5 Å². The summed E-state index contributed by atoms with van der Waals surface area (Å²) in [6, 6.07) is 4.43. The highest BCUT2D eigenvalue weighted by Crippen LogP contribution is 2.27. The Balaban J connectivity index is 2.17. The number of hydrogen-bond donors (Lipinski definition) is 1. The Kier molecular flexibility index (Phi) is 7.28. The van der Waals surface area contributed by atoms with Crippen LogP contribution in [0.25, 0.3) is 10.9 Å². The van der Waals surface area contributed by atoms with Gasteiger partial charge in [-0.25, -0.2) is 4.39 Å². The second-order valence-electron chi connectivity index (χ2n) is 6.60. The van der Waals surface area contributed by atoms with Gasteiger partial charge in [0.2, 0.25) is 5.44 Å². The van der Waals surface area contributed by atoms with Gasteiger partial charge in [-0.2, -0.15) is 0 Å². The minimum Gasteiger partial charge on any atom is -0.467 e. The summed E-state index contributed by atoms with van der Waals surface area (Å²) in [5.41, 5.74) is -0.611. The number of nitrogens with zero attached hydrogens (tertiary/aromatic N) is 1. The first-order valence-electron chi connectivity index (χ1n) is 8.38. The Morgan fingerprint density at radius 2 is 2.14 bits per heavy atom. The summed E-state index contributed by atoms with van der Waals surface area (Å²) in [4.78, 5) is 16.7. The largest absolute Gasteiger partial charge is 0.467 e. The van der Waals surface area contributed by atoms with E-state index < -0.39 is 22.7 Å². The fourth-order valence-electron chi connectivity index (χ4n) is 2.42. The van der Waals surface area contributed by atoms with E-state index in [1.165, 1.54) is 18.3 Å². The van der Waals surface area contributed by atoms with E-state index in [2.05, 4.69) is 22.1 Å². The maximum Gasteiger partial charge on any atom is 0.272 e. The van der Waals surface area contributed by atoms with E-state index in [1.54, 1.807) is 26.2 Å². The number of carbonyl (C=O) groups is 1. The molecule has 0 aliphatic carbocycles. The van der Waals surface area contributed by atoms with Crippen LogP contribution >= 0.6 is 11.8 Å². The fraction of sp³-hybridized carbons (Fsp3) is 0.333. The summed E-state index contributed by atoms with van der Waals surface area (Å²) < 4.78 is 25.3. The molecule has 1 heterocycles. The van der Waals surface area contributed by atoms with Crippen molar-refractivity contribution in [1.82, 2.24) is 10.3 Å². The van der Waals surface area contributed by atoms with Crippen LogP contribution in [-0.4, -0.2) is 41.3 Å². The number of halogens is 1. The number of ether oxygens (including phenoxy) is 2. The number of nitrogens with one attached hydrogen (secondary N) is 1. The minimum atomic E-state index is -0.956. The number of fused-ring (bicyclic) bond motifs is 1. The quantitative estimate of drug-likeness (QED) is 0.419. The lowest BCUT2D eigenvalue weighted by Gasteiger charge is -2.28. The zero-order chi connectivity index (χ0) is 20.7. The molecule has 0 bridgehead atoms. The minimum absolute atomic E-state index is 0.0561. The molecule has 1 aromatic heterocycles. The molecule has 1 atom stereocenters. The van der Waals surface area contributed by atoms with Crippen molar-refractivity contribution >= 4 is 28.6 Å². The van der Waals surface area contributed by atoms with Crippen LogP contribution in [0.2, 0.25) is 0 Å². The molecule has 5 nitrogen and oxygen atoms in total. The normalized spacial score (nSPS) is 12.1. The van der Waals surface area contributed by atoms with E-state index in [1.807, 2.05) is 0 Å². The Morgan fingerprint density at radius 1 is 1.39 bits per heavy atom. The van der Waals surface area contributed by atoms with Gasteiger partial charge < -0.3 is 14.8 Å². The first-order chi connectivity index (χ1) is 13.3. The molecule has 0 aliphatic rings. The maximum absolute atomic E-state index is 14.4. The highest BCUT2D eigenvalue weighted by molar-refractivity contribution is 7.99. The lowest BCUT2D eigenvalue weighted by atomic mass is 10.1. The van der Waals surface area contributed by atoms with Crippen molar-refractivity contribution in [1.29, 1.82) is 0 Å². The van der Waals surface area contributed by atoms with Crippen molar-refractivity contribution in [3.05, 3.63) is 35.8 Å². The van der Waals surface area contributed by atoms with Gasteiger partial charge in [-0.1, -0.05) is 11.8 Å². The smallest absolute Gasteiger partial charge is 0.272 e. The van der Waals surface area contributed by atoms with Crippen LogP contribution in [0, 0.1) is 30.5 Å². The highest BCUT2D eigenvalue weighted by Gasteiger charge is 2.27. The highest BCUT2D eigenvalue weighted by atomic mass is 32.2. The van der Waals surface area contributed by atoms with Crippen LogP contribution in [0.3, 0.4) is 0 Å². The number of carbonyl (C=O) groups excluding carboxylic acids is 1. The summed E-state index contributed by atoms with van der Waals surface area (Å²) in [6.45, 7) is 3.97. The van der Waals surface area contributed by atoms with Crippen LogP contribution < -0.4 is 10.1 Å². The lowest BCUT2D eigenvalue weighted by molar-refractivity contribution is -0.126. The van der Waals surface area contributed by atoms with Gasteiger partial charge in [0.15, 0.2) is 11.6 Å². The number of pyridine rings is 1. The lowest BCUT2D eigenvalue weighted by Crippen LogP contribution is -2.51. The van der Waals surface area contributed by atoms with Crippen LogP contribution in [0.5, 0.6) is 5.75 Å². The van der Waals surface area contributed by atoms with E-state index in [9.17, 15) is 9.18 Å². The molecule has 28 heavy (non-hydrogen) atoms. The van der Waals surface area contributed by atoms with Crippen molar-refractivity contribution in [3.63, 3.8) is 0 Å². The predicted octanol–water partition coefficient (Wildman–Crippen LogP) is 2.97. The van der Waals surface area contributed by atoms with E-state index in [-0.39, 0.29) is 19.0 Å². The van der Waals surface area contributed by atoms with Gasteiger partial charge >= 0.3 is 0 Å². The molecule has 1 amide bonds. The van der Waals surface area contributed by atoms with E-state index in [0.717, 1.165) is 11.8 Å². The summed E-state index contributed by atoms with van der Waals surface area (Å²) >= 11 is 1.14. The van der Waals surface area contributed by atoms with Gasteiger partial charge in [-0.05, 0) is 32.2 Å². The molecule has 0 saturated heterocycles. The second kappa shape index (κ2) is 9.45. The number of thioether (sulfide) groups is 1. The molecule has 7 heteroatoms. The first kappa shape index (κ1) is 21.6. The van der Waals surface area contributed by atoms with E-state index in [4.69, 9.17) is 22.3 Å². The molecule has 0 radical (unpaired) electrons. The second-order valence-corrected chi connectivity index (χ2v) is 7.50. The van der Waals surface area contributed by atoms with Gasteiger partial charge in [0, 0.05) is 23.2 Å². The monoisotopic (exact) mass is 400 g/mol. The third-order valence-corrected chi connectivity index (χ3v) is 4.41. The molecule has 0 spiro atoms. The number of terminal acetylenes is 2. The number of amides is 1. The first-order valence-corrected chi connectivity index (χ1v) is 9.67. The Morgan fingerprint density at radius 3 is 2.79 bits per heavy atom. The molecular weight excluding hydrogens is 379 g/mol. The molecule has 0 fully saturated rings. The number of benzene rings is 1. The van der Waals surface area contributed by atoms with E-state index >= 15 is 0 Å². The Bertz CT molecular complexity index is 947. The van der Waals surface area contributed by atoms with Gasteiger partial charge in [0.05, 0.1) is 17.7 Å². The van der Waals surface area contributed by atoms with Gasteiger partial charge in [-0.3, -0.25) is 9.78 Å². The Hall–Kier alpha value is -2.74. The van der Waals surface area contributed by atoms with Gasteiger partial charge in [0.1, 0.15) is 6.61 Å².